The summed E-state index contributed by atoms with van der Waals surface area (Å²) in [6.45, 7) is 3.83. The molecule has 6 heteroatoms. The first kappa shape index (κ1) is 27.1. The van der Waals surface area contributed by atoms with E-state index in [-0.39, 0.29) is 12.2 Å². The Kier molecular flexibility index (Phi) is 15.1. The van der Waals surface area contributed by atoms with E-state index in [1.807, 2.05) is 6.92 Å². The number of aliphatic hydroxyl groups excluding tert-OH is 2. The number of rotatable bonds is 17. The molecule has 0 unspecified atom stereocenters. The molecule has 0 saturated carbocycles. The van der Waals surface area contributed by atoms with Gasteiger partial charge in [-0.25, -0.2) is 4.79 Å². The van der Waals surface area contributed by atoms with Gasteiger partial charge in [-0.15, -0.1) is 0 Å². The Labute approximate surface area is 182 Å². The summed E-state index contributed by atoms with van der Waals surface area (Å²) in [6, 6.07) is 0. The number of allylic oxidation sites excluding steroid dienone is 1. The predicted octanol–water partition coefficient (Wildman–Crippen LogP) is 4.96. The lowest BCUT2D eigenvalue weighted by Gasteiger charge is -2.36. The van der Waals surface area contributed by atoms with Gasteiger partial charge in [-0.1, -0.05) is 70.3 Å². The lowest BCUT2D eigenvalue weighted by molar-refractivity contribution is -0.273. The van der Waals surface area contributed by atoms with E-state index in [0.717, 1.165) is 25.7 Å². The first-order valence-corrected chi connectivity index (χ1v) is 12.0. The summed E-state index contributed by atoms with van der Waals surface area (Å²) < 4.78 is 11.4. The second-order valence-corrected chi connectivity index (χ2v) is 8.73. The molecule has 0 bridgehead atoms. The quantitative estimate of drug-likeness (QED) is 0.224. The Morgan fingerprint density at radius 2 is 1.50 bits per heavy atom. The van der Waals surface area contributed by atoms with E-state index in [9.17, 15) is 15.0 Å². The molecule has 30 heavy (non-hydrogen) atoms. The normalized spacial score (nSPS) is 25.6. The summed E-state index contributed by atoms with van der Waals surface area (Å²) in [4.78, 5) is 10.3. The van der Waals surface area contributed by atoms with Crippen LogP contribution in [0.4, 0.5) is 0 Å². The molecule has 0 aromatic heterocycles. The molecule has 176 valence electrons. The number of unbranched alkanes of at least 4 members (excludes halogenated alkanes) is 11. The van der Waals surface area contributed by atoms with E-state index in [4.69, 9.17) is 14.6 Å². The fraction of sp³-hybridized carbons (Fsp3) is 0.875. The van der Waals surface area contributed by atoms with Gasteiger partial charge in [-0.3, -0.25) is 0 Å². The minimum Gasteiger partial charge on any atom is -0.478 e. The third-order valence-corrected chi connectivity index (χ3v) is 5.80. The van der Waals surface area contributed by atoms with E-state index < -0.39 is 24.5 Å². The Hall–Kier alpha value is -0.950. The number of carbonyl (C=O) groups is 1. The maximum atomic E-state index is 10.3. The van der Waals surface area contributed by atoms with Gasteiger partial charge in [-0.2, -0.15) is 0 Å². The standard InChI is InChI=1S/C24H44O6/c1-19(29-24-22(26)18-21(25)20(2)30-24)16-14-12-10-8-6-4-3-5-7-9-11-13-15-17-23(27)28/h15,17,19-22,24-26H,3-14,16,18H2,1-2H3,(H,27,28)/b17-15+/t19-,20+,21-,22-,24-/m1/s1. The highest BCUT2D eigenvalue weighted by Gasteiger charge is 2.35. The molecule has 0 radical (unpaired) electrons. The van der Waals surface area contributed by atoms with Crippen molar-refractivity contribution in [3.8, 4) is 0 Å². The van der Waals surface area contributed by atoms with Crippen molar-refractivity contribution in [1.29, 1.82) is 0 Å². The maximum Gasteiger partial charge on any atom is 0.327 e. The monoisotopic (exact) mass is 428 g/mol. The number of carboxylic acid groups (broad SMARTS) is 1. The summed E-state index contributed by atoms with van der Waals surface area (Å²) in [5.41, 5.74) is 0. The van der Waals surface area contributed by atoms with Gasteiger partial charge in [0.2, 0.25) is 0 Å². The zero-order valence-corrected chi connectivity index (χ0v) is 19.0. The highest BCUT2D eigenvalue weighted by Crippen LogP contribution is 2.23. The number of aliphatic hydroxyl groups is 2. The van der Waals surface area contributed by atoms with Crippen molar-refractivity contribution in [2.75, 3.05) is 0 Å². The molecule has 0 aliphatic carbocycles. The molecule has 1 aliphatic heterocycles. The van der Waals surface area contributed by atoms with Crippen molar-refractivity contribution in [3.05, 3.63) is 12.2 Å². The van der Waals surface area contributed by atoms with E-state index in [2.05, 4.69) is 0 Å². The smallest absolute Gasteiger partial charge is 0.327 e. The molecule has 6 nitrogen and oxygen atoms in total. The molecule has 1 saturated heterocycles. The SMILES string of the molecule is C[C@H](CCCCCCCCCCCCC/C=C/C(=O)O)O[C@@H]1O[C@@H](C)[C@H](O)C[C@H]1O. The highest BCUT2D eigenvalue weighted by molar-refractivity contribution is 5.79. The van der Waals surface area contributed by atoms with Crippen molar-refractivity contribution in [2.45, 2.75) is 134 Å². The van der Waals surface area contributed by atoms with E-state index in [1.165, 1.54) is 63.9 Å². The number of hydrogen-bond acceptors (Lipinski definition) is 5. The van der Waals surface area contributed by atoms with Crippen molar-refractivity contribution < 1.29 is 29.6 Å². The van der Waals surface area contributed by atoms with Crippen LogP contribution in [0.2, 0.25) is 0 Å². The van der Waals surface area contributed by atoms with Crippen LogP contribution in [0, 0.1) is 0 Å². The van der Waals surface area contributed by atoms with Crippen LogP contribution in [0.1, 0.15) is 104 Å². The molecular formula is C24H44O6. The topological polar surface area (TPSA) is 96.2 Å². The van der Waals surface area contributed by atoms with E-state index in [0.29, 0.717) is 6.42 Å². The van der Waals surface area contributed by atoms with Gasteiger partial charge in [0.15, 0.2) is 6.29 Å². The van der Waals surface area contributed by atoms with Gasteiger partial charge in [0.25, 0.3) is 0 Å². The summed E-state index contributed by atoms with van der Waals surface area (Å²) in [6.07, 6.45) is 16.4. The second kappa shape index (κ2) is 16.7. The minimum atomic E-state index is -0.858. The van der Waals surface area contributed by atoms with Crippen molar-refractivity contribution >= 4 is 5.97 Å². The largest absolute Gasteiger partial charge is 0.478 e. The van der Waals surface area contributed by atoms with Crippen molar-refractivity contribution in [1.82, 2.24) is 0 Å². The summed E-state index contributed by atoms with van der Waals surface area (Å²) in [5, 5.41) is 28.2. The molecule has 1 fully saturated rings. The highest BCUT2D eigenvalue weighted by atomic mass is 16.7. The molecular weight excluding hydrogens is 384 g/mol. The Balaban J connectivity index is 1.86. The van der Waals surface area contributed by atoms with Crippen LogP contribution in [0.3, 0.4) is 0 Å². The Morgan fingerprint density at radius 1 is 0.967 bits per heavy atom. The molecule has 0 aromatic rings. The predicted molar refractivity (Wildman–Crippen MR) is 118 cm³/mol. The van der Waals surface area contributed by atoms with Gasteiger partial charge in [0, 0.05) is 12.5 Å². The number of carboxylic acids is 1. The second-order valence-electron chi connectivity index (χ2n) is 8.73. The summed E-state index contributed by atoms with van der Waals surface area (Å²) in [5.74, 6) is -0.858. The first-order chi connectivity index (χ1) is 14.4. The number of ether oxygens (including phenoxy) is 2. The molecule has 1 aliphatic rings. The van der Waals surface area contributed by atoms with Crippen molar-refractivity contribution in [3.63, 3.8) is 0 Å². The third kappa shape index (κ3) is 13.4. The van der Waals surface area contributed by atoms with Gasteiger partial charge in [0.05, 0.1) is 18.3 Å². The molecule has 0 spiro atoms. The van der Waals surface area contributed by atoms with Crippen LogP contribution in [0.15, 0.2) is 12.2 Å². The van der Waals surface area contributed by atoms with Crippen LogP contribution in [0.25, 0.3) is 0 Å². The summed E-state index contributed by atoms with van der Waals surface area (Å²) >= 11 is 0. The summed E-state index contributed by atoms with van der Waals surface area (Å²) in [7, 11) is 0. The van der Waals surface area contributed by atoms with Gasteiger partial charge < -0.3 is 24.8 Å². The van der Waals surface area contributed by atoms with Crippen LogP contribution in [0.5, 0.6) is 0 Å². The average Bonchev–Trinajstić information content (AvgIpc) is 2.68. The van der Waals surface area contributed by atoms with Gasteiger partial charge >= 0.3 is 5.97 Å². The molecule has 0 aromatic carbocycles. The zero-order valence-electron chi connectivity index (χ0n) is 19.0. The van der Waals surface area contributed by atoms with Crippen molar-refractivity contribution in [2.24, 2.45) is 0 Å². The molecule has 1 heterocycles. The van der Waals surface area contributed by atoms with Crippen LogP contribution in [-0.2, 0) is 14.3 Å². The molecule has 5 atom stereocenters. The minimum absolute atomic E-state index is 0.0479. The van der Waals surface area contributed by atoms with Gasteiger partial charge in [0.1, 0.15) is 6.10 Å². The number of hydrogen-bond donors (Lipinski definition) is 3. The molecule has 1 rings (SSSR count). The Morgan fingerprint density at radius 3 is 2.07 bits per heavy atom. The fourth-order valence-corrected chi connectivity index (χ4v) is 3.83. The van der Waals surface area contributed by atoms with Crippen LogP contribution in [-0.4, -0.2) is 52.0 Å². The fourth-order valence-electron chi connectivity index (χ4n) is 3.83. The Bertz CT molecular complexity index is 467. The van der Waals surface area contributed by atoms with Crippen LogP contribution >= 0.6 is 0 Å². The average molecular weight is 429 g/mol. The lowest BCUT2D eigenvalue weighted by atomic mass is 10.0. The van der Waals surface area contributed by atoms with Crippen LogP contribution < -0.4 is 0 Å². The van der Waals surface area contributed by atoms with Gasteiger partial charge in [-0.05, 0) is 33.1 Å². The zero-order chi connectivity index (χ0) is 22.2. The third-order valence-electron chi connectivity index (χ3n) is 5.80. The first-order valence-electron chi connectivity index (χ1n) is 12.0. The van der Waals surface area contributed by atoms with E-state index in [1.54, 1.807) is 13.0 Å². The van der Waals surface area contributed by atoms with E-state index >= 15 is 0 Å². The number of aliphatic carboxylic acids is 1. The molecule has 3 N–H and O–H groups in total. The molecule has 0 amide bonds. The lowest BCUT2D eigenvalue weighted by Crippen LogP contribution is -2.48. The maximum absolute atomic E-state index is 10.3.